The van der Waals surface area contributed by atoms with E-state index in [-0.39, 0.29) is 35.5 Å². The molecule has 1 aromatic heterocycles. The van der Waals surface area contributed by atoms with Gasteiger partial charge in [-0.05, 0) is 38.8 Å². The Labute approximate surface area is 226 Å². The Morgan fingerprint density at radius 3 is 2.49 bits per heavy atom. The first-order valence-corrected chi connectivity index (χ1v) is 13.9. The molecule has 0 radical (unpaired) electrons. The number of piperidine rings is 1. The minimum Gasteiger partial charge on any atom is -0.466 e. The van der Waals surface area contributed by atoms with Crippen molar-refractivity contribution in [3.05, 3.63) is 47.1 Å². The summed E-state index contributed by atoms with van der Waals surface area (Å²) in [6.45, 7) is 7.07. The molecule has 3 heterocycles. The number of halogens is 1. The summed E-state index contributed by atoms with van der Waals surface area (Å²) in [4.78, 5) is 52.3. The smallest absolute Gasteiger partial charge is 0.309 e. The van der Waals surface area contributed by atoms with Crippen molar-refractivity contribution in [1.82, 2.24) is 19.8 Å². The summed E-state index contributed by atoms with van der Waals surface area (Å²) in [5.74, 6) is 0.571. The number of carbonyl (C=O) groups is 3. The third-order valence-electron chi connectivity index (χ3n) is 6.69. The first-order chi connectivity index (χ1) is 17.9. The van der Waals surface area contributed by atoms with Gasteiger partial charge in [-0.3, -0.25) is 14.4 Å². The zero-order valence-electron chi connectivity index (χ0n) is 21.1. The third kappa shape index (κ3) is 6.93. The predicted molar refractivity (Wildman–Crippen MR) is 143 cm³/mol. The highest BCUT2D eigenvalue weighted by Crippen LogP contribution is 2.26. The second kappa shape index (κ2) is 12.6. The van der Waals surface area contributed by atoms with Crippen LogP contribution < -0.4 is 4.90 Å². The number of benzene rings is 1. The summed E-state index contributed by atoms with van der Waals surface area (Å²) < 4.78 is 5.10. The number of likely N-dealkylation sites (tertiary alicyclic amines) is 1. The van der Waals surface area contributed by atoms with E-state index in [4.69, 9.17) is 16.3 Å². The lowest BCUT2D eigenvalue weighted by Gasteiger charge is -2.40. The van der Waals surface area contributed by atoms with Crippen LogP contribution in [0.15, 0.2) is 41.6 Å². The number of piperazine rings is 1. The number of rotatable bonds is 7. The molecule has 0 saturated carbocycles. The van der Waals surface area contributed by atoms with Gasteiger partial charge >= 0.3 is 5.97 Å². The number of thioether (sulfide) groups is 1. The van der Waals surface area contributed by atoms with Gasteiger partial charge in [0.25, 0.3) is 5.91 Å². The molecule has 1 aromatic carbocycles. The van der Waals surface area contributed by atoms with E-state index in [2.05, 4.69) is 14.9 Å². The average Bonchev–Trinajstić information content (AvgIpc) is 2.91. The van der Waals surface area contributed by atoms with Crippen LogP contribution in [0.3, 0.4) is 0 Å². The summed E-state index contributed by atoms with van der Waals surface area (Å²) in [5, 5.41) is 0.748. The lowest BCUT2D eigenvalue weighted by Crippen LogP contribution is -2.54. The Balaban J connectivity index is 1.31. The van der Waals surface area contributed by atoms with Gasteiger partial charge in [-0.25, -0.2) is 9.97 Å². The quantitative estimate of drug-likeness (QED) is 0.226. The molecule has 0 aliphatic carbocycles. The molecule has 2 fully saturated rings. The Hall–Kier alpha value is -2.85. The molecule has 0 bridgehead atoms. The van der Waals surface area contributed by atoms with Gasteiger partial charge in [0.15, 0.2) is 5.16 Å². The first-order valence-electron chi connectivity index (χ1n) is 12.6. The van der Waals surface area contributed by atoms with Crippen LogP contribution in [0.4, 0.5) is 5.82 Å². The van der Waals surface area contributed by atoms with E-state index in [1.165, 1.54) is 11.8 Å². The van der Waals surface area contributed by atoms with Crippen molar-refractivity contribution in [3.63, 3.8) is 0 Å². The maximum absolute atomic E-state index is 12.9. The van der Waals surface area contributed by atoms with E-state index in [0.717, 1.165) is 0 Å². The Bertz CT molecular complexity index is 1110. The van der Waals surface area contributed by atoms with Crippen molar-refractivity contribution >= 4 is 47.0 Å². The number of esters is 1. The van der Waals surface area contributed by atoms with Crippen LogP contribution in [0.25, 0.3) is 0 Å². The van der Waals surface area contributed by atoms with Crippen molar-refractivity contribution in [2.75, 3.05) is 50.0 Å². The molecule has 1 unspecified atom stereocenters. The first kappa shape index (κ1) is 27.2. The second-order valence-corrected chi connectivity index (χ2v) is 10.5. The molecule has 11 heteroatoms. The molecular formula is C26H32ClN5O4S. The Kier molecular flexibility index (Phi) is 9.26. The maximum Gasteiger partial charge on any atom is 0.309 e. The van der Waals surface area contributed by atoms with E-state index in [0.29, 0.717) is 73.9 Å². The molecule has 2 aliphatic rings. The van der Waals surface area contributed by atoms with Gasteiger partial charge in [0.2, 0.25) is 5.91 Å². The fourth-order valence-electron chi connectivity index (χ4n) is 4.67. The van der Waals surface area contributed by atoms with Gasteiger partial charge in [0.05, 0.1) is 18.3 Å². The number of hydrogen-bond acceptors (Lipinski definition) is 8. The number of anilines is 1. The lowest BCUT2D eigenvalue weighted by molar-refractivity contribution is -0.151. The van der Waals surface area contributed by atoms with E-state index in [9.17, 15) is 14.4 Å². The van der Waals surface area contributed by atoms with Crippen molar-refractivity contribution in [3.8, 4) is 0 Å². The molecular weight excluding hydrogens is 514 g/mol. The standard InChI is InChI=1S/C26H32ClN5O4S/c1-3-36-25(35)20-9-11-30(12-10-20)23(33)17-37-26-28-21(27)15-22(29-26)31-13-14-32(18(2)16-31)24(34)19-7-5-4-6-8-19/h4-8,15,18,20H,3,9-14,16-17H2,1-2H3. The van der Waals surface area contributed by atoms with Gasteiger partial charge in [-0.1, -0.05) is 41.6 Å². The topological polar surface area (TPSA) is 95.9 Å². The largest absolute Gasteiger partial charge is 0.466 e. The van der Waals surface area contributed by atoms with E-state index in [1.54, 1.807) is 17.9 Å². The van der Waals surface area contributed by atoms with Gasteiger partial charge in [0.1, 0.15) is 11.0 Å². The van der Waals surface area contributed by atoms with Crippen LogP contribution in [0.5, 0.6) is 0 Å². The number of amides is 2. The summed E-state index contributed by atoms with van der Waals surface area (Å²) in [6.07, 6.45) is 1.23. The monoisotopic (exact) mass is 545 g/mol. The van der Waals surface area contributed by atoms with Gasteiger partial charge in [0, 0.05) is 50.4 Å². The molecule has 2 saturated heterocycles. The van der Waals surface area contributed by atoms with E-state index >= 15 is 0 Å². The van der Waals surface area contributed by atoms with Gasteiger partial charge in [-0.15, -0.1) is 0 Å². The molecule has 1 atom stereocenters. The third-order valence-corrected chi connectivity index (χ3v) is 7.71. The highest BCUT2D eigenvalue weighted by atomic mass is 35.5. The summed E-state index contributed by atoms with van der Waals surface area (Å²) in [6, 6.07) is 11.0. The van der Waals surface area contributed by atoms with Crippen LogP contribution in [-0.2, 0) is 14.3 Å². The molecule has 2 aromatic rings. The van der Waals surface area contributed by atoms with Crippen LogP contribution in [0.1, 0.15) is 37.0 Å². The van der Waals surface area contributed by atoms with Crippen molar-refractivity contribution in [2.45, 2.75) is 37.9 Å². The maximum atomic E-state index is 12.9. The highest BCUT2D eigenvalue weighted by Gasteiger charge is 2.30. The summed E-state index contributed by atoms with van der Waals surface area (Å²) >= 11 is 7.56. The molecule has 2 amide bonds. The predicted octanol–water partition coefficient (Wildman–Crippen LogP) is 3.37. The number of carbonyl (C=O) groups excluding carboxylic acids is 3. The lowest BCUT2D eigenvalue weighted by atomic mass is 9.97. The van der Waals surface area contributed by atoms with Crippen LogP contribution in [0, 0.1) is 5.92 Å². The van der Waals surface area contributed by atoms with E-state index in [1.807, 2.05) is 42.2 Å². The van der Waals surface area contributed by atoms with Gasteiger partial charge < -0.3 is 19.4 Å². The highest BCUT2D eigenvalue weighted by molar-refractivity contribution is 7.99. The zero-order chi connectivity index (χ0) is 26.4. The second-order valence-electron chi connectivity index (χ2n) is 9.19. The van der Waals surface area contributed by atoms with Crippen LogP contribution in [0.2, 0.25) is 5.15 Å². The zero-order valence-corrected chi connectivity index (χ0v) is 22.7. The van der Waals surface area contributed by atoms with Crippen molar-refractivity contribution in [1.29, 1.82) is 0 Å². The molecule has 198 valence electrons. The summed E-state index contributed by atoms with van der Waals surface area (Å²) in [5.41, 5.74) is 0.682. The van der Waals surface area contributed by atoms with Crippen LogP contribution in [-0.4, -0.2) is 88.7 Å². The number of ether oxygens (including phenoxy) is 1. The molecule has 0 spiro atoms. The fraction of sp³-hybridized carbons (Fsp3) is 0.500. The normalized spacial score (nSPS) is 18.6. The Morgan fingerprint density at radius 2 is 1.81 bits per heavy atom. The van der Waals surface area contributed by atoms with Crippen molar-refractivity contribution in [2.24, 2.45) is 5.92 Å². The van der Waals surface area contributed by atoms with Gasteiger partial charge in [-0.2, -0.15) is 0 Å². The van der Waals surface area contributed by atoms with Crippen LogP contribution >= 0.6 is 23.4 Å². The van der Waals surface area contributed by atoms with E-state index < -0.39 is 0 Å². The fourth-order valence-corrected chi connectivity index (χ4v) is 5.65. The average molecular weight is 546 g/mol. The molecule has 9 nitrogen and oxygen atoms in total. The molecule has 4 rings (SSSR count). The number of hydrogen-bond donors (Lipinski definition) is 0. The Morgan fingerprint density at radius 1 is 1.08 bits per heavy atom. The number of nitrogens with zero attached hydrogens (tertiary/aromatic N) is 5. The molecule has 2 aliphatic heterocycles. The number of aromatic nitrogens is 2. The molecule has 0 N–H and O–H groups in total. The minimum atomic E-state index is -0.177. The SMILES string of the molecule is CCOC(=O)C1CCN(C(=O)CSc2nc(Cl)cc(N3CCN(C(=O)c4ccccc4)C(C)C3)n2)CC1. The van der Waals surface area contributed by atoms with Crippen molar-refractivity contribution < 1.29 is 19.1 Å². The molecule has 37 heavy (non-hydrogen) atoms. The minimum absolute atomic E-state index is 0.00888. The summed E-state index contributed by atoms with van der Waals surface area (Å²) in [7, 11) is 0.